The zero-order valence-corrected chi connectivity index (χ0v) is 12.8. The highest BCUT2D eigenvalue weighted by Crippen LogP contribution is 2.24. The Morgan fingerprint density at radius 2 is 2.00 bits per heavy atom. The Morgan fingerprint density at radius 3 is 2.62 bits per heavy atom. The van der Waals surface area contributed by atoms with E-state index in [9.17, 15) is 0 Å². The average molecular weight is 289 g/mol. The van der Waals surface area contributed by atoms with Gasteiger partial charge in [-0.05, 0) is 25.0 Å². The Hall–Kier alpha value is -2.17. The lowest BCUT2D eigenvalue weighted by Crippen LogP contribution is -2.42. The molecule has 0 aromatic heterocycles. The second kappa shape index (κ2) is 7.57. The Balaban J connectivity index is 1.94. The Morgan fingerprint density at radius 1 is 1.24 bits per heavy atom. The van der Waals surface area contributed by atoms with Gasteiger partial charge in [-0.15, -0.1) is 0 Å². The van der Waals surface area contributed by atoms with E-state index in [1.54, 1.807) is 21.3 Å². The zero-order chi connectivity index (χ0) is 15.1. The molecular formula is C16H23N3O2. The predicted molar refractivity (Wildman–Crippen MR) is 85.0 cm³/mol. The van der Waals surface area contributed by atoms with Gasteiger partial charge in [-0.25, -0.2) is 0 Å². The lowest BCUT2D eigenvalue weighted by atomic mass is 10.2. The first kappa shape index (κ1) is 15.2. The van der Waals surface area contributed by atoms with Gasteiger partial charge in [0.05, 0.1) is 14.2 Å². The van der Waals surface area contributed by atoms with E-state index in [2.05, 4.69) is 27.8 Å². The third kappa shape index (κ3) is 4.15. The molecule has 5 heteroatoms. The fraction of sp³-hybridized carbons (Fsp3) is 0.438. The van der Waals surface area contributed by atoms with Gasteiger partial charge in [0, 0.05) is 31.3 Å². The molecule has 0 atom stereocenters. The van der Waals surface area contributed by atoms with Crippen molar-refractivity contribution in [2.75, 3.05) is 21.3 Å². The fourth-order valence-electron chi connectivity index (χ4n) is 2.30. The highest BCUT2D eigenvalue weighted by atomic mass is 16.5. The minimum absolute atomic E-state index is 0.439. The summed E-state index contributed by atoms with van der Waals surface area (Å²) < 4.78 is 10.6. The van der Waals surface area contributed by atoms with Gasteiger partial charge in [0.2, 0.25) is 0 Å². The van der Waals surface area contributed by atoms with Gasteiger partial charge in [0.15, 0.2) is 5.96 Å². The van der Waals surface area contributed by atoms with E-state index >= 15 is 0 Å². The van der Waals surface area contributed by atoms with E-state index in [0.717, 1.165) is 35.9 Å². The van der Waals surface area contributed by atoms with Crippen LogP contribution in [0.1, 0.15) is 18.4 Å². The van der Waals surface area contributed by atoms with Crippen molar-refractivity contribution in [3.05, 3.63) is 35.9 Å². The van der Waals surface area contributed by atoms with Crippen molar-refractivity contribution in [1.29, 1.82) is 0 Å². The second-order valence-electron chi connectivity index (χ2n) is 4.89. The first-order chi connectivity index (χ1) is 10.3. The molecule has 1 aromatic carbocycles. The minimum atomic E-state index is 0.439. The van der Waals surface area contributed by atoms with E-state index in [-0.39, 0.29) is 0 Å². The van der Waals surface area contributed by atoms with Crippen LogP contribution in [-0.2, 0) is 6.54 Å². The molecule has 0 heterocycles. The quantitative estimate of drug-likeness (QED) is 0.495. The number of methoxy groups -OCH3 is 2. The van der Waals surface area contributed by atoms with Crippen molar-refractivity contribution in [1.82, 2.24) is 10.6 Å². The summed E-state index contributed by atoms with van der Waals surface area (Å²) in [6, 6.07) is 6.24. The summed E-state index contributed by atoms with van der Waals surface area (Å²) in [6.07, 6.45) is 6.48. The maximum absolute atomic E-state index is 5.40. The molecule has 1 aliphatic carbocycles. The molecule has 1 aromatic rings. The van der Waals surface area contributed by atoms with E-state index in [1.807, 2.05) is 18.2 Å². The van der Waals surface area contributed by atoms with Crippen molar-refractivity contribution < 1.29 is 9.47 Å². The number of guanidine groups is 1. The van der Waals surface area contributed by atoms with Crippen molar-refractivity contribution in [3.8, 4) is 11.5 Å². The number of nitrogens with zero attached hydrogens (tertiary/aromatic N) is 1. The van der Waals surface area contributed by atoms with Gasteiger partial charge in [-0.1, -0.05) is 12.2 Å². The number of aliphatic imine (C=N–C) groups is 1. The lowest BCUT2D eigenvalue weighted by Gasteiger charge is -2.18. The van der Waals surface area contributed by atoms with Crippen molar-refractivity contribution in [3.63, 3.8) is 0 Å². The Labute approximate surface area is 126 Å². The molecule has 0 saturated heterocycles. The number of benzene rings is 1. The largest absolute Gasteiger partial charge is 0.497 e. The molecule has 0 aliphatic heterocycles. The highest BCUT2D eigenvalue weighted by molar-refractivity contribution is 5.80. The summed E-state index contributed by atoms with van der Waals surface area (Å²) in [6.45, 7) is 0.646. The zero-order valence-electron chi connectivity index (χ0n) is 12.8. The third-order valence-corrected chi connectivity index (χ3v) is 3.51. The van der Waals surface area contributed by atoms with Crippen LogP contribution in [0, 0.1) is 0 Å². The van der Waals surface area contributed by atoms with Gasteiger partial charge in [0.25, 0.3) is 0 Å². The summed E-state index contributed by atoms with van der Waals surface area (Å²) in [5, 5.41) is 6.72. The predicted octanol–water partition coefficient (Wildman–Crippen LogP) is 2.09. The number of hydrogen-bond donors (Lipinski definition) is 2. The molecular weight excluding hydrogens is 266 g/mol. The van der Waals surface area contributed by atoms with Crippen molar-refractivity contribution in [2.45, 2.75) is 25.4 Å². The van der Waals surface area contributed by atoms with Gasteiger partial charge in [-0.2, -0.15) is 0 Å². The Bertz CT molecular complexity index is 518. The van der Waals surface area contributed by atoms with E-state index in [0.29, 0.717) is 12.6 Å². The number of ether oxygens (including phenoxy) is 2. The standard InChI is InChI=1S/C16H23N3O2/c1-17-16(19-13-6-4-5-7-13)18-11-12-8-9-14(20-2)10-15(12)21-3/h4-5,8-10,13H,6-7,11H2,1-3H3,(H2,17,18,19). The van der Waals surface area contributed by atoms with Crippen LogP contribution < -0.4 is 20.1 Å². The smallest absolute Gasteiger partial charge is 0.191 e. The topological polar surface area (TPSA) is 54.9 Å². The van der Waals surface area contributed by atoms with E-state index < -0.39 is 0 Å². The van der Waals surface area contributed by atoms with Crippen LogP contribution in [0.4, 0.5) is 0 Å². The molecule has 21 heavy (non-hydrogen) atoms. The first-order valence-electron chi connectivity index (χ1n) is 7.10. The van der Waals surface area contributed by atoms with Crippen LogP contribution in [0.15, 0.2) is 35.3 Å². The molecule has 0 spiro atoms. The molecule has 0 bridgehead atoms. The summed E-state index contributed by atoms with van der Waals surface area (Å²) in [4.78, 5) is 4.26. The van der Waals surface area contributed by atoms with Crippen LogP contribution in [-0.4, -0.2) is 33.3 Å². The molecule has 114 valence electrons. The average Bonchev–Trinajstić information content (AvgIpc) is 3.04. The highest BCUT2D eigenvalue weighted by Gasteiger charge is 2.12. The maximum Gasteiger partial charge on any atom is 0.191 e. The molecule has 5 nitrogen and oxygen atoms in total. The molecule has 0 unspecified atom stereocenters. The van der Waals surface area contributed by atoms with Gasteiger partial charge >= 0.3 is 0 Å². The third-order valence-electron chi connectivity index (χ3n) is 3.51. The van der Waals surface area contributed by atoms with Crippen LogP contribution in [0.2, 0.25) is 0 Å². The molecule has 0 saturated carbocycles. The monoisotopic (exact) mass is 289 g/mol. The summed E-state index contributed by atoms with van der Waals surface area (Å²) in [5.74, 6) is 2.40. The van der Waals surface area contributed by atoms with Crippen LogP contribution in [0.25, 0.3) is 0 Å². The molecule has 2 rings (SSSR count). The fourth-order valence-corrected chi connectivity index (χ4v) is 2.30. The van der Waals surface area contributed by atoms with Crippen LogP contribution in [0.5, 0.6) is 11.5 Å². The first-order valence-corrected chi connectivity index (χ1v) is 7.10. The Kier molecular flexibility index (Phi) is 5.49. The maximum atomic E-state index is 5.40. The minimum Gasteiger partial charge on any atom is -0.497 e. The van der Waals surface area contributed by atoms with Gasteiger partial charge < -0.3 is 20.1 Å². The summed E-state index contributed by atoms with van der Waals surface area (Å²) in [7, 11) is 5.09. The van der Waals surface area contributed by atoms with E-state index in [4.69, 9.17) is 9.47 Å². The summed E-state index contributed by atoms with van der Waals surface area (Å²) in [5.41, 5.74) is 1.06. The van der Waals surface area contributed by atoms with Gasteiger partial charge in [0.1, 0.15) is 11.5 Å². The van der Waals surface area contributed by atoms with Crippen LogP contribution >= 0.6 is 0 Å². The van der Waals surface area contributed by atoms with Crippen molar-refractivity contribution >= 4 is 5.96 Å². The number of rotatable bonds is 5. The molecule has 0 amide bonds. The molecule has 1 aliphatic rings. The molecule has 0 radical (unpaired) electrons. The lowest BCUT2D eigenvalue weighted by molar-refractivity contribution is 0.390. The molecule has 0 fully saturated rings. The van der Waals surface area contributed by atoms with Crippen LogP contribution in [0.3, 0.4) is 0 Å². The van der Waals surface area contributed by atoms with E-state index in [1.165, 1.54) is 0 Å². The van der Waals surface area contributed by atoms with Crippen molar-refractivity contribution in [2.24, 2.45) is 4.99 Å². The van der Waals surface area contributed by atoms with Gasteiger partial charge in [-0.3, -0.25) is 4.99 Å². The normalized spacial score (nSPS) is 15.1. The molecule has 2 N–H and O–H groups in total. The number of hydrogen-bond acceptors (Lipinski definition) is 3. The number of nitrogens with one attached hydrogen (secondary N) is 2. The SMILES string of the molecule is CN=C(NCc1ccc(OC)cc1OC)NC1CC=CC1. The second-order valence-corrected chi connectivity index (χ2v) is 4.89. The summed E-state index contributed by atoms with van der Waals surface area (Å²) >= 11 is 0.